The number of phenols is 1. The Kier molecular flexibility index (Phi) is 15.6. The minimum Gasteiger partial charge on any atom is -0.542 e. The van der Waals surface area contributed by atoms with E-state index in [0.717, 1.165) is 42.8 Å². The second-order valence-electron chi connectivity index (χ2n) is 11.5. The third-order valence-corrected chi connectivity index (χ3v) is 8.94. The fourth-order valence-electron chi connectivity index (χ4n) is 5.19. The summed E-state index contributed by atoms with van der Waals surface area (Å²) in [6.45, 7) is 3.77. The van der Waals surface area contributed by atoms with Crippen LogP contribution < -0.4 is 44.8 Å². The summed E-state index contributed by atoms with van der Waals surface area (Å²) in [5.41, 5.74) is -0.583. The molecule has 0 saturated carbocycles. The van der Waals surface area contributed by atoms with Crippen LogP contribution in [0.25, 0.3) is 11.0 Å². The molecule has 51 heavy (non-hydrogen) atoms. The van der Waals surface area contributed by atoms with Gasteiger partial charge in [0.05, 0.1) is 34.5 Å². The summed E-state index contributed by atoms with van der Waals surface area (Å²) in [7, 11) is 0. The minimum atomic E-state index is -4.60. The molecule has 0 amide bonds. The molecular weight excluding hydrogens is 696 g/mol. The van der Waals surface area contributed by atoms with Crippen molar-refractivity contribution in [3.8, 4) is 11.5 Å². The molecule has 0 aliphatic heterocycles. The van der Waals surface area contributed by atoms with Crippen LogP contribution in [0.3, 0.4) is 0 Å². The van der Waals surface area contributed by atoms with E-state index in [1.165, 1.54) is 31.2 Å². The quantitative estimate of drug-likeness (QED) is 0.0557. The van der Waals surface area contributed by atoms with Gasteiger partial charge < -0.3 is 29.3 Å². The van der Waals surface area contributed by atoms with Crippen molar-refractivity contribution in [2.45, 2.75) is 68.4 Å². The van der Waals surface area contributed by atoms with Crippen molar-refractivity contribution < 1.29 is 76.8 Å². The zero-order chi connectivity index (χ0) is 36.4. The van der Waals surface area contributed by atoms with Gasteiger partial charge in [-0.2, -0.15) is 13.2 Å². The van der Waals surface area contributed by atoms with E-state index in [9.17, 15) is 42.9 Å². The maximum Gasteiger partial charge on any atom is 1.00 e. The van der Waals surface area contributed by atoms with Crippen LogP contribution in [0.4, 0.5) is 13.2 Å². The van der Waals surface area contributed by atoms with Crippen LogP contribution in [-0.2, 0) is 12.6 Å². The fraction of sp³-hybridized carbons (Fsp3) is 0.289. The van der Waals surface area contributed by atoms with Gasteiger partial charge in [0.15, 0.2) is 17.0 Å². The molecule has 2 unspecified atom stereocenters. The molecule has 2 N–H and O–H groups in total. The Morgan fingerprint density at radius 2 is 1.82 bits per heavy atom. The van der Waals surface area contributed by atoms with E-state index in [1.807, 2.05) is 13.0 Å². The number of hydrogen-bond donors (Lipinski definition) is 2. The molecule has 0 radical (unpaired) electrons. The number of aliphatic hydroxyl groups excluding tert-OH is 1. The van der Waals surface area contributed by atoms with E-state index in [4.69, 9.17) is 9.15 Å². The van der Waals surface area contributed by atoms with Crippen molar-refractivity contribution in [1.29, 1.82) is 0 Å². The topological polar surface area (TPSA) is 137 Å². The molecule has 13 heteroatoms. The number of rotatable bonds is 16. The molecule has 0 fully saturated rings. The number of alkyl halides is 3. The molecule has 8 nitrogen and oxygen atoms in total. The smallest absolute Gasteiger partial charge is 0.542 e. The van der Waals surface area contributed by atoms with E-state index in [2.05, 4.69) is 0 Å². The Bertz CT molecular complexity index is 1950. The first-order chi connectivity index (χ1) is 23.8. The number of carbonyl (C=O) groups excluding carboxylic acids is 2. The van der Waals surface area contributed by atoms with E-state index < -0.39 is 40.3 Å². The number of fused-ring (bicyclic) bond motifs is 1. The summed E-state index contributed by atoms with van der Waals surface area (Å²) < 4.78 is 51.5. The normalized spacial score (nSPS) is 13.0. The zero-order valence-corrected chi connectivity index (χ0v) is 31.2. The van der Waals surface area contributed by atoms with Gasteiger partial charge in [-0.1, -0.05) is 49.8 Å². The summed E-state index contributed by atoms with van der Waals surface area (Å²) in [6.07, 6.45) is 4.50. The third kappa shape index (κ3) is 11.3. The number of thioether (sulfide) groups is 1. The van der Waals surface area contributed by atoms with Gasteiger partial charge in [-0.05, 0) is 80.6 Å². The van der Waals surface area contributed by atoms with Crippen molar-refractivity contribution in [2.24, 2.45) is 0 Å². The monoisotopic (exact) mass is 732 g/mol. The summed E-state index contributed by atoms with van der Waals surface area (Å²) >= 11 is 1.09. The average molecular weight is 733 g/mol. The molecule has 1 aromatic heterocycles. The molecule has 0 saturated heterocycles. The van der Waals surface area contributed by atoms with Crippen molar-refractivity contribution in [3.05, 3.63) is 123 Å². The standard InChI is InChI=1S/C38H37F3O8S.Na/c1-3-11-29-31(18-17-27(23(2)42)36(29)45)48-19-9-7-5-4-6-8-14-34(35(44)24-12-10-13-25(20-24)38(39,40)41)50-26-15-16-28-30(43)22-33(37(46)47)49-32(28)21-26;/h4,6,8,10,12-18,20-22,34-35,44-45H,3,5,7,9,11,19H2,1-2H3,(H,46,47);/q;+1/p-1/b6-4+,14-8+;. The van der Waals surface area contributed by atoms with Crippen LogP contribution in [0.15, 0.2) is 99.1 Å². The minimum absolute atomic E-state index is 0. The number of carboxylic acids is 1. The Balaban J connectivity index is 0.00000702. The molecule has 0 bridgehead atoms. The average Bonchev–Trinajstić information content (AvgIpc) is 3.07. The number of hydrogen-bond acceptors (Lipinski definition) is 9. The van der Waals surface area contributed by atoms with Crippen molar-refractivity contribution in [2.75, 3.05) is 6.61 Å². The Hall–Kier alpha value is -3.81. The van der Waals surface area contributed by atoms with Crippen LogP contribution in [-0.4, -0.2) is 33.8 Å². The SMILES string of the molecule is CCCc1c(OCCCC/C=C/C=C/C(Sc2ccc3c(=O)cc(C(=O)[O-])oc3c2)C(O)c2cccc(C(F)(F)F)c2)ccc(C(C)=O)c1O.[Na+]. The number of unbranched alkanes of at least 4 members (excludes halogenated alkanes) is 2. The predicted octanol–water partition coefficient (Wildman–Crippen LogP) is 4.60. The zero-order valence-electron chi connectivity index (χ0n) is 28.4. The van der Waals surface area contributed by atoms with Crippen molar-refractivity contribution in [1.82, 2.24) is 0 Å². The van der Waals surface area contributed by atoms with Gasteiger partial charge in [-0.25, -0.2) is 0 Å². The molecule has 1 heterocycles. The molecule has 4 rings (SSSR count). The summed E-state index contributed by atoms with van der Waals surface area (Å²) in [6, 6.07) is 12.9. The number of aliphatic hydroxyl groups is 1. The van der Waals surface area contributed by atoms with Crippen molar-refractivity contribution >= 4 is 34.5 Å². The van der Waals surface area contributed by atoms with Crippen LogP contribution in [0.5, 0.6) is 11.5 Å². The van der Waals surface area contributed by atoms with Gasteiger partial charge in [0.25, 0.3) is 0 Å². The number of halogens is 3. The van der Waals surface area contributed by atoms with Crippen LogP contribution in [0.1, 0.15) is 83.2 Å². The summed E-state index contributed by atoms with van der Waals surface area (Å²) in [5.74, 6) is -2.03. The number of aromatic hydroxyl groups is 1. The van der Waals surface area contributed by atoms with E-state index in [0.29, 0.717) is 42.1 Å². The molecule has 4 aromatic rings. The second kappa shape index (κ2) is 19.1. The number of allylic oxidation sites excluding steroid dienone is 3. The van der Waals surface area contributed by atoms with E-state index >= 15 is 0 Å². The van der Waals surface area contributed by atoms with Gasteiger partial charge in [0.1, 0.15) is 23.1 Å². The van der Waals surface area contributed by atoms with Gasteiger partial charge in [-0.3, -0.25) is 9.59 Å². The van der Waals surface area contributed by atoms with Crippen LogP contribution >= 0.6 is 11.8 Å². The molecule has 2 atom stereocenters. The maximum absolute atomic E-state index is 13.4. The van der Waals surface area contributed by atoms with Gasteiger partial charge in [0.2, 0.25) is 0 Å². The molecule has 0 aliphatic carbocycles. The number of carboxylic acid groups (broad SMARTS) is 1. The predicted molar refractivity (Wildman–Crippen MR) is 183 cm³/mol. The maximum atomic E-state index is 13.4. The number of ether oxygens (including phenoxy) is 1. The Morgan fingerprint density at radius 3 is 2.51 bits per heavy atom. The number of benzene rings is 3. The number of phenolic OH excluding ortho intramolecular Hbond substituents is 1. The first-order valence-electron chi connectivity index (χ1n) is 15.9. The molecule has 3 aromatic carbocycles. The summed E-state index contributed by atoms with van der Waals surface area (Å²) in [5, 5.41) is 32.4. The molecule has 264 valence electrons. The van der Waals surface area contributed by atoms with Gasteiger partial charge in [0, 0.05) is 16.5 Å². The second-order valence-corrected chi connectivity index (χ2v) is 12.7. The van der Waals surface area contributed by atoms with Gasteiger partial charge >= 0.3 is 35.7 Å². The molecular formula is C38H36F3NaO8S. The largest absolute Gasteiger partial charge is 1.00 e. The van der Waals surface area contributed by atoms with Crippen LogP contribution in [0, 0.1) is 0 Å². The van der Waals surface area contributed by atoms with Crippen LogP contribution in [0.2, 0.25) is 0 Å². The number of Topliss-reactive ketones (excluding diaryl/α,β-unsaturated/α-hetero) is 1. The fourth-order valence-corrected chi connectivity index (χ4v) is 6.28. The third-order valence-electron chi connectivity index (χ3n) is 7.73. The first kappa shape index (κ1) is 41.6. The number of aromatic carboxylic acids is 1. The van der Waals surface area contributed by atoms with E-state index in [1.54, 1.807) is 36.4 Å². The Morgan fingerprint density at radius 1 is 1.06 bits per heavy atom. The first-order valence-corrected chi connectivity index (χ1v) is 16.8. The number of carbonyl (C=O) groups is 2. The summed E-state index contributed by atoms with van der Waals surface area (Å²) in [4.78, 5) is 35.9. The van der Waals surface area contributed by atoms with Gasteiger partial charge in [-0.15, -0.1) is 11.8 Å². The number of ketones is 1. The van der Waals surface area contributed by atoms with E-state index in [-0.39, 0.29) is 63.2 Å². The molecule has 0 aliphatic rings. The Labute approximate surface area is 319 Å². The van der Waals surface area contributed by atoms with Crippen molar-refractivity contribution in [3.63, 3.8) is 0 Å². The molecule has 0 spiro atoms.